The third kappa shape index (κ3) is 5.53. The molecule has 0 aromatic heterocycles. The first-order valence-corrected chi connectivity index (χ1v) is 3.15. The third-order valence-corrected chi connectivity index (χ3v) is 0.970. The van der Waals surface area contributed by atoms with Crippen molar-refractivity contribution in [3.05, 3.63) is 12.2 Å². The molecule has 0 aliphatic carbocycles. The predicted octanol–water partition coefficient (Wildman–Crippen LogP) is 0.960. The standard InChI is InChI=1S/C7H14O2/c1-3-4-5-9-7(2)6-8/h3-4,7-8H,5-6H2,1-2H3/b4-3+. The van der Waals surface area contributed by atoms with Crippen LogP contribution in [0.1, 0.15) is 13.8 Å². The summed E-state index contributed by atoms with van der Waals surface area (Å²) >= 11 is 0. The van der Waals surface area contributed by atoms with Gasteiger partial charge in [0.15, 0.2) is 0 Å². The van der Waals surface area contributed by atoms with E-state index in [0.717, 1.165) is 0 Å². The van der Waals surface area contributed by atoms with E-state index < -0.39 is 0 Å². The molecule has 54 valence electrons. The summed E-state index contributed by atoms with van der Waals surface area (Å²) in [5, 5.41) is 8.49. The van der Waals surface area contributed by atoms with Crippen molar-refractivity contribution in [1.82, 2.24) is 0 Å². The summed E-state index contributed by atoms with van der Waals surface area (Å²) in [5.74, 6) is 0. The lowest BCUT2D eigenvalue weighted by Crippen LogP contribution is -2.12. The molecule has 0 fully saturated rings. The molecule has 0 aromatic carbocycles. The van der Waals surface area contributed by atoms with Crippen molar-refractivity contribution in [3.63, 3.8) is 0 Å². The lowest BCUT2D eigenvalue weighted by Gasteiger charge is -2.05. The molecule has 0 bridgehead atoms. The van der Waals surface area contributed by atoms with Gasteiger partial charge < -0.3 is 9.84 Å². The molecule has 0 aliphatic rings. The van der Waals surface area contributed by atoms with E-state index in [-0.39, 0.29) is 12.7 Å². The monoisotopic (exact) mass is 130 g/mol. The molecule has 0 rings (SSSR count). The minimum absolute atomic E-state index is 0.0406. The molecule has 0 saturated carbocycles. The zero-order valence-corrected chi connectivity index (χ0v) is 6.00. The van der Waals surface area contributed by atoms with Crippen LogP contribution in [-0.2, 0) is 4.74 Å². The van der Waals surface area contributed by atoms with Crippen molar-refractivity contribution in [1.29, 1.82) is 0 Å². The number of ether oxygens (including phenoxy) is 1. The summed E-state index contributed by atoms with van der Waals surface area (Å²) in [6.07, 6.45) is 3.79. The second-order valence-electron chi connectivity index (χ2n) is 1.90. The highest BCUT2D eigenvalue weighted by Gasteiger charge is 1.94. The van der Waals surface area contributed by atoms with Crippen molar-refractivity contribution in [2.75, 3.05) is 13.2 Å². The highest BCUT2D eigenvalue weighted by molar-refractivity contribution is 4.76. The lowest BCUT2D eigenvalue weighted by atomic mass is 10.4. The first-order valence-electron chi connectivity index (χ1n) is 3.15. The van der Waals surface area contributed by atoms with E-state index >= 15 is 0 Å². The van der Waals surface area contributed by atoms with Crippen LogP contribution in [0.5, 0.6) is 0 Å². The fraction of sp³-hybridized carbons (Fsp3) is 0.714. The summed E-state index contributed by atoms with van der Waals surface area (Å²) in [5.41, 5.74) is 0. The van der Waals surface area contributed by atoms with Gasteiger partial charge in [-0.2, -0.15) is 0 Å². The molecular formula is C7H14O2. The van der Waals surface area contributed by atoms with Gasteiger partial charge in [-0.1, -0.05) is 12.2 Å². The topological polar surface area (TPSA) is 29.5 Å². The van der Waals surface area contributed by atoms with E-state index in [0.29, 0.717) is 6.61 Å². The van der Waals surface area contributed by atoms with Crippen LogP contribution in [0.2, 0.25) is 0 Å². The third-order valence-electron chi connectivity index (χ3n) is 0.970. The van der Waals surface area contributed by atoms with Crippen LogP contribution in [0.15, 0.2) is 12.2 Å². The average molecular weight is 130 g/mol. The molecule has 0 aliphatic heterocycles. The summed E-state index contributed by atoms with van der Waals surface area (Å²) in [4.78, 5) is 0. The second kappa shape index (κ2) is 5.79. The number of hydrogen-bond acceptors (Lipinski definition) is 2. The van der Waals surface area contributed by atoms with Gasteiger partial charge in [-0.3, -0.25) is 0 Å². The Morgan fingerprint density at radius 1 is 1.67 bits per heavy atom. The Balaban J connectivity index is 3.06. The van der Waals surface area contributed by atoms with Crippen molar-refractivity contribution < 1.29 is 9.84 Å². The van der Waals surface area contributed by atoms with Crippen molar-refractivity contribution >= 4 is 0 Å². The quantitative estimate of drug-likeness (QED) is 0.574. The van der Waals surface area contributed by atoms with Crippen molar-refractivity contribution in [3.8, 4) is 0 Å². The minimum atomic E-state index is -0.0406. The Kier molecular flexibility index (Phi) is 5.57. The van der Waals surface area contributed by atoms with Gasteiger partial charge >= 0.3 is 0 Å². The molecular weight excluding hydrogens is 116 g/mol. The number of hydrogen-bond donors (Lipinski definition) is 1. The molecule has 1 atom stereocenters. The Labute approximate surface area is 56.1 Å². The van der Waals surface area contributed by atoms with Gasteiger partial charge in [0.2, 0.25) is 0 Å². The fourth-order valence-corrected chi connectivity index (χ4v) is 0.369. The van der Waals surface area contributed by atoms with Gasteiger partial charge in [0.25, 0.3) is 0 Å². The van der Waals surface area contributed by atoms with Gasteiger partial charge in [-0.15, -0.1) is 0 Å². The number of aliphatic hydroxyl groups is 1. The molecule has 0 heterocycles. The molecule has 0 spiro atoms. The molecule has 9 heavy (non-hydrogen) atoms. The Hall–Kier alpha value is -0.340. The van der Waals surface area contributed by atoms with Gasteiger partial charge in [-0.05, 0) is 13.8 Å². The molecule has 0 aromatic rings. The van der Waals surface area contributed by atoms with Gasteiger partial charge in [0.05, 0.1) is 19.3 Å². The van der Waals surface area contributed by atoms with Crippen LogP contribution in [0.25, 0.3) is 0 Å². The normalized spacial score (nSPS) is 14.6. The lowest BCUT2D eigenvalue weighted by molar-refractivity contribution is 0.0411. The molecule has 0 saturated heterocycles. The summed E-state index contributed by atoms with van der Waals surface area (Å²) < 4.78 is 5.09. The van der Waals surface area contributed by atoms with Gasteiger partial charge in [0, 0.05) is 0 Å². The Bertz CT molecular complexity index is 79.0. The van der Waals surface area contributed by atoms with Crippen LogP contribution in [0, 0.1) is 0 Å². The van der Waals surface area contributed by atoms with E-state index in [1.54, 1.807) is 0 Å². The number of rotatable bonds is 4. The maximum absolute atomic E-state index is 8.49. The largest absolute Gasteiger partial charge is 0.394 e. The maximum atomic E-state index is 8.49. The van der Waals surface area contributed by atoms with Crippen molar-refractivity contribution in [2.45, 2.75) is 20.0 Å². The van der Waals surface area contributed by atoms with E-state index in [4.69, 9.17) is 9.84 Å². The van der Waals surface area contributed by atoms with Crippen LogP contribution in [0.4, 0.5) is 0 Å². The highest BCUT2D eigenvalue weighted by Crippen LogP contribution is 1.87. The van der Waals surface area contributed by atoms with Crippen LogP contribution in [-0.4, -0.2) is 24.4 Å². The molecule has 1 N–H and O–H groups in total. The first-order chi connectivity index (χ1) is 4.31. The van der Waals surface area contributed by atoms with E-state index in [1.165, 1.54) is 0 Å². The number of allylic oxidation sites excluding steroid dienone is 1. The fourth-order valence-electron chi connectivity index (χ4n) is 0.369. The maximum Gasteiger partial charge on any atom is 0.0781 e. The first kappa shape index (κ1) is 8.66. The van der Waals surface area contributed by atoms with Crippen molar-refractivity contribution in [2.24, 2.45) is 0 Å². The van der Waals surface area contributed by atoms with Gasteiger partial charge in [-0.25, -0.2) is 0 Å². The smallest absolute Gasteiger partial charge is 0.0781 e. The predicted molar refractivity (Wildman–Crippen MR) is 37.3 cm³/mol. The summed E-state index contributed by atoms with van der Waals surface area (Å²) in [6, 6.07) is 0. The second-order valence-corrected chi connectivity index (χ2v) is 1.90. The molecule has 2 heteroatoms. The van der Waals surface area contributed by atoms with E-state index in [9.17, 15) is 0 Å². The van der Waals surface area contributed by atoms with Gasteiger partial charge in [0.1, 0.15) is 0 Å². The highest BCUT2D eigenvalue weighted by atomic mass is 16.5. The van der Waals surface area contributed by atoms with E-state index in [1.807, 2.05) is 26.0 Å². The SMILES string of the molecule is C/C=C/COC(C)CO. The molecule has 1 unspecified atom stereocenters. The zero-order valence-electron chi connectivity index (χ0n) is 6.00. The van der Waals surface area contributed by atoms with E-state index in [2.05, 4.69) is 0 Å². The zero-order chi connectivity index (χ0) is 7.11. The Morgan fingerprint density at radius 2 is 2.33 bits per heavy atom. The van der Waals surface area contributed by atoms with Crippen LogP contribution in [0.3, 0.4) is 0 Å². The summed E-state index contributed by atoms with van der Waals surface area (Å²) in [6.45, 7) is 4.46. The van der Waals surface area contributed by atoms with Crippen LogP contribution >= 0.6 is 0 Å². The molecule has 0 radical (unpaired) electrons. The summed E-state index contributed by atoms with van der Waals surface area (Å²) in [7, 11) is 0. The average Bonchev–Trinajstić information content (AvgIpc) is 1.89. The number of aliphatic hydroxyl groups excluding tert-OH is 1. The molecule has 2 nitrogen and oxygen atoms in total. The Morgan fingerprint density at radius 3 is 2.78 bits per heavy atom. The van der Waals surface area contributed by atoms with Crippen LogP contribution < -0.4 is 0 Å². The minimum Gasteiger partial charge on any atom is -0.394 e. The molecule has 0 amide bonds.